The van der Waals surface area contributed by atoms with Gasteiger partial charge in [-0.3, -0.25) is 0 Å². The Hall–Kier alpha value is -0.960. The lowest BCUT2D eigenvalue weighted by molar-refractivity contribution is 0.0702. The maximum absolute atomic E-state index is 12.2. The van der Waals surface area contributed by atoms with Crippen LogP contribution in [0.5, 0.6) is 0 Å². The van der Waals surface area contributed by atoms with E-state index in [0.29, 0.717) is 17.8 Å². The van der Waals surface area contributed by atoms with Crippen LogP contribution in [0.25, 0.3) is 0 Å². The zero-order chi connectivity index (χ0) is 15.6. The highest BCUT2D eigenvalue weighted by Crippen LogP contribution is 2.26. The molecule has 0 aliphatic carbocycles. The van der Waals surface area contributed by atoms with Gasteiger partial charge in [-0.15, -0.1) is 11.3 Å². The molecule has 0 aliphatic rings. The van der Waals surface area contributed by atoms with E-state index in [4.69, 9.17) is 10.2 Å². The molecule has 0 fully saturated rings. The zero-order valence-corrected chi connectivity index (χ0v) is 13.2. The Labute approximate surface area is 122 Å². The summed E-state index contributed by atoms with van der Waals surface area (Å²) in [6, 6.07) is 2.10. The molecule has 1 rings (SSSR count). The van der Waals surface area contributed by atoms with Crippen molar-refractivity contribution in [1.29, 1.82) is 0 Å². The number of nitrogens with one attached hydrogen (secondary N) is 1. The summed E-state index contributed by atoms with van der Waals surface area (Å²) in [7, 11) is -3.78. The zero-order valence-electron chi connectivity index (χ0n) is 11.6. The van der Waals surface area contributed by atoms with Gasteiger partial charge in [0.05, 0.1) is 0 Å². The van der Waals surface area contributed by atoms with E-state index in [1.807, 2.05) is 20.8 Å². The summed E-state index contributed by atoms with van der Waals surface area (Å²) in [4.78, 5) is 10.8. The van der Waals surface area contributed by atoms with Gasteiger partial charge in [-0.05, 0) is 24.0 Å². The normalized spacial score (nSPS) is 14.2. The van der Waals surface area contributed by atoms with Crippen molar-refractivity contribution in [2.75, 3.05) is 6.61 Å². The summed E-state index contributed by atoms with van der Waals surface area (Å²) in [6.07, 6.45) is 0.292. The Morgan fingerprint density at radius 2 is 2.00 bits per heavy atom. The molecule has 114 valence electrons. The lowest BCUT2D eigenvalue weighted by Gasteiger charge is -2.30. The second-order valence-corrected chi connectivity index (χ2v) is 8.50. The van der Waals surface area contributed by atoms with E-state index in [1.165, 1.54) is 12.1 Å². The average molecular weight is 321 g/mol. The van der Waals surface area contributed by atoms with Crippen molar-refractivity contribution in [3.63, 3.8) is 0 Å². The van der Waals surface area contributed by atoms with Gasteiger partial charge in [0.1, 0.15) is 9.09 Å². The largest absolute Gasteiger partial charge is 0.477 e. The first-order chi connectivity index (χ1) is 9.08. The number of aliphatic hydroxyl groups excluding tert-OH is 1. The van der Waals surface area contributed by atoms with Gasteiger partial charge in [0.15, 0.2) is 0 Å². The van der Waals surface area contributed by atoms with Gasteiger partial charge in [0, 0.05) is 12.6 Å². The predicted octanol–water partition coefficient (Wildman–Crippen LogP) is 1.52. The molecular formula is C12H19NO5S2. The summed E-state index contributed by atoms with van der Waals surface area (Å²) >= 11 is 0.706. The third-order valence-electron chi connectivity index (χ3n) is 2.82. The van der Waals surface area contributed by atoms with E-state index in [9.17, 15) is 13.2 Å². The Balaban J connectivity index is 3.00. The molecule has 0 aliphatic heterocycles. The molecule has 0 saturated heterocycles. The summed E-state index contributed by atoms with van der Waals surface area (Å²) in [5, 5.41) is 17.9. The average Bonchev–Trinajstić information content (AvgIpc) is 2.76. The molecule has 0 amide bonds. The van der Waals surface area contributed by atoms with Crippen LogP contribution < -0.4 is 4.72 Å². The van der Waals surface area contributed by atoms with E-state index in [-0.39, 0.29) is 21.1 Å². The van der Waals surface area contributed by atoms with Gasteiger partial charge in [-0.2, -0.15) is 0 Å². The maximum Gasteiger partial charge on any atom is 0.345 e. The maximum atomic E-state index is 12.2. The lowest BCUT2D eigenvalue weighted by atomic mass is 9.86. The summed E-state index contributed by atoms with van der Waals surface area (Å²) < 4.78 is 26.9. The van der Waals surface area contributed by atoms with E-state index >= 15 is 0 Å². The van der Waals surface area contributed by atoms with E-state index in [1.54, 1.807) is 0 Å². The van der Waals surface area contributed by atoms with Crippen LogP contribution in [-0.2, 0) is 10.0 Å². The van der Waals surface area contributed by atoms with E-state index < -0.39 is 22.0 Å². The van der Waals surface area contributed by atoms with Crippen LogP contribution in [0.15, 0.2) is 16.3 Å². The first-order valence-electron chi connectivity index (χ1n) is 6.04. The molecule has 1 atom stereocenters. The van der Waals surface area contributed by atoms with E-state index in [2.05, 4.69) is 4.72 Å². The number of sulfonamides is 1. The Morgan fingerprint density at radius 1 is 1.40 bits per heavy atom. The fourth-order valence-corrected chi connectivity index (χ4v) is 4.26. The number of hydrogen-bond acceptors (Lipinski definition) is 5. The summed E-state index contributed by atoms with van der Waals surface area (Å²) in [5.41, 5.74) is -0.358. The van der Waals surface area contributed by atoms with E-state index in [0.717, 1.165) is 0 Å². The van der Waals surface area contributed by atoms with Crippen molar-refractivity contribution in [3.8, 4) is 0 Å². The number of hydrogen-bond donors (Lipinski definition) is 3. The Morgan fingerprint density at radius 3 is 2.40 bits per heavy atom. The van der Waals surface area contributed by atoms with Crippen molar-refractivity contribution in [2.45, 2.75) is 37.4 Å². The first-order valence-corrected chi connectivity index (χ1v) is 8.34. The van der Waals surface area contributed by atoms with Crippen molar-refractivity contribution in [3.05, 3.63) is 17.0 Å². The van der Waals surface area contributed by atoms with Gasteiger partial charge in [0.25, 0.3) is 0 Å². The smallest absolute Gasteiger partial charge is 0.345 e. The fourth-order valence-electron chi connectivity index (χ4n) is 1.62. The van der Waals surface area contributed by atoms with Gasteiger partial charge in [-0.1, -0.05) is 20.8 Å². The number of carboxylic acid groups (broad SMARTS) is 1. The molecule has 1 unspecified atom stereocenters. The number of carboxylic acids is 1. The second kappa shape index (κ2) is 6.21. The quantitative estimate of drug-likeness (QED) is 0.737. The summed E-state index contributed by atoms with van der Waals surface area (Å²) in [5.74, 6) is -1.15. The van der Waals surface area contributed by atoms with Crippen LogP contribution in [0.1, 0.15) is 36.9 Å². The molecule has 8 heteroatoms. The molecule has 0 saturated carbocycles. The first kappa shape index (κ1) is 17.1. The molecule has 0 aromatic carbocycles. The van der Waals surface area contributed by atoms with Crippen molar-refractivity contribution >= 4 is 27.3 Å². The van der Waals surface area contributed by atoms with Crippen LogP contribution >= 0.6 is 11.3 Å². The molecule has 1 aromatic rings. The predicted molar refractivity (Wildman–Crippen MR) is 76.5 cm³/mol. The molecule has 1 aromatic heterocycles. The minimum atomic E-state index is -3.78. The Kier molecular flexibility index (Phi) is 5.31. The van der Waals surface area contributed by atoms with Gasteiger partial charge in [0.2, 0.25) is 10.0 Å². The van der Waals surface area contributed by atoms with Crippen LogP contribution in [0.3, 0.4) is 0 Å². The SMILES string of the molecule is CC(C)(C)C(CCO)NS(=O)(=O)c1ccc(C(=O)O)s1. The van der Waals surface area contributed by atoms with Gasteiger partial charge < -0.3 is 10.2 Å². The molecule has 0 bridgehead atoms. The Bertz CT molecular complexity index is 571. The highest BCUT2D eigenvalue weighted by molar-refractivity contribution is 7.91. The van der Waals surface area contributed by atoms with Crippen molar-refractivity contribution in [1.82, 2.24) is 4.72 Å². The molecule has 3 N–H and O–H groups in total. The third-order valence-corrected chi connectivity index (χ3v) is 5.85. The van der Waals surface area contributed by atoms with Crippen molar-refractivity contribution < 1.29 is 23.4 Å². The minimum absolute atomic E-state index is 0.0279. The molecule has 0 radical (unpaired) electrons. The lowest BCUT2D eigenvalue weighted by Crippen LogP contribution is -2.44. The second-order valence-electron chi connectivity index (χ2n) is 5.48. The topological polar surface area (TPSA) is 104 Å². The van der Waals surface area contributed by atoms with Crippen LogP contribution in [0.4, 0.5) is 0 Å². The number of thiophene rings is 1. The standard InChI is InChI=1S/C12H19NO5S2/c1-12(2,3)9(6-7-14)13-20(17,18)10-5-4-8(19-10)11(15)16/h4-5,9,13-14H,6-7H2,1-3H3,(H,15,16). The number of aromatic carboxylic acids is 1. The van der Waals surface area contributed by atoms with Crippen LogP contribution in [0.2, 0.25) is 0 Å². The monoisotopic (exact) mass is 321 g/mol. The number of carbonyl (C=O) groups is 1. The molecule has 20 heavy (non-hydrogen) atoms. The molecule has 6 nitrogen and oxygen atoms in total. The molecular weight excluding hydrogens is 302 g/mol. The fraction of sp³-hybridized carbons (Fsp3) is 0.583. The molecule has 1 heterocycles. The highest BCUT2D eigenvalue weighted by atomic mass is 32.2. The molecule has 0 spiro atoms. The van der Waals surface area contributed by atoms with Gasteiger partial charge >= 0.3 is 5.97 Å². The van der Waals surface area contributed by atoms with Crippen LogP contribution in [0, 0.1) is 5.41 Å². The minimum Gasteiger partial charge on any atom is -0.477 e. The van der Waals surface area contributed by atoms with Gasteiger partial charge in [-0.25, -0.2) is 17.9 Å². The highest BCUT2D eigenvalue weighted by Gasteiger charge is 2.30. The summed E-state index contributed by atoms with van der Waals surface area (Å²) in [6.45, 7) is 5.47. The van der Waals surface area contributed by atoms with Crippen LogP contribution in [-0.4, -0.2) is 37.2 Å². The van der Waals surface area contributed by atoms with Crippen molar-refractivity contribution in [2.24, 2.45) is 5.41 Å². The third kappa shape index (κ3) is 4.27. The number of rotatable bonds is 6. The number of aliphatic hydroxyl groups is 1.